The average molecular weight is 674 g/mol. The maximum atomic E-state index is 13.8. The van der Waals surface area contributed by atoms with Crippen LogP contribution in [-0.2, 0) is 24.2 Å². The number of carbonyl (C=O) groups excluding carboxylic acids is 1. The van der Waals surface area contributed by atoms with Crippen LogP contribution >= 0.6 is 0 Å². The molecule has 0 saturated carbocycles. The number of aliphatic hydroxyl groups is 2. The number of alkyl halides is 3. The summed E-state index contributed by atoms with van der Waals surface area (Å²) in [5.41, 5.74) is -5.63. The second-order valence-electron chi connectivity index (χ2n) is 10.9. The number of halogens is 6. The summed E-state index contributed by atoms with van der Waals surface area (Å²) in [5.74, 6) is -4.55. The van der Waals surface area contributed by atoms with Gasteiger partial charge in [0.2, 0.25) is 0 Å². The quantitative estimate of drug-likeness (QED) is 0.312. The van der Waals surface area contributed by atoms with Crippen LogP contribution in [0, 0.1) is 17.5 Å². The molecule has 2 aromatic rings. The molecule has 13 nitrogen and oxygen atoms in total. The molecule has 3 saturated heterocycles. The number of aliphatic hydroxyl groups excluding tert-OH is 2. The largest absolute Gasteiger partial charge is 0.511 e. The average Bonchev–Trinajstić information content (AvgIpc) is 3.62. The number of piperidine rings is 1. The van der Waals surface area contributed by atoms with Gasteiger partial charge >= 0.3 is 21.6 Å². The predicted molar refractivity (Wildman–Crippen MR) is 138 cm³/mol. The summed E-state index contributed by atoms with van der Waals surface area (Å²) in [6.45, 7) is -1.52. The Bertz CT molecular complexity index is 1480. The highest BCUT2D eigenvalue weighted by Crippen LogP contribution is 2.37. The topological polar surface area (TPSA) is 157 Å². The van der Waals surface area contributed by atoms with Crippen molar-refractivity contribution in [3.63, 3.8) is 0 Å². The minimum Gasteiger partial charge on any atom is -0.444 e. The molecule has 1 aromatic carbocycles. The molecular weight excluding hydrogens is 644 g/mol. The fourth-order valence-corrected chi connectivity index (χ4v) is 6.96. The van der Waals surface area contributed by atoms with Gasteiger partial charge in [0, 0.05) is 38.2 Å². The molecular formula is C25H29F6N5O8S. The molecule has 3 fully saturated rings. The van der Waals surface area contributed by atoms with Gasteiger partial charge in [-0.05, 0) is 25.0 Å². The van der Waals surface area contributed by atoms with Gasteiger partial charge < -0.3 is 29.3 Å². The minimum atomic E-state index is -5.49. The van der Waals surface area contributed by atoms with E-state index in [0.717, 1.165) is 16.8 Å². The van der Waals surface area contributed by atoms with Gasteiger partial charge in [0.1, 0.15) is 36.2 Å². The van der Waals surface area contributed by atoms with Crippen molar-refractivity contribution in [1.29, 1.82) is 0 Å². The molecule has 1 aromatic heterocycles. The highest BCUT2D eigenvalue weighted by molar-refractivity contribution is 7.90. The Morgan fingerprint density at radius 1 is 1.11 bits per heavy atom. The molecule has 4 heterocycles. The van der Waals surface area contributed by atoms with Gasteiger partial charge in [-0.3, -0.25) is 0 Å². The second-order valence-corrected chi connectivity index (χ2v) is 12.8. The first-order chi connectivity index (χ1) is 21.2. The van der Waals surface area contributed by atoms with Gasteiger partial charge in [-0.15, -0.1) is 5.10 Å². The first-order valence-corrected chi connectivity index (χ1v) is 15.2. The summed E-state index contributed by atoms with van der Waals surface area (Å²) in [5, 5.41) is 28.7. The summed E-state index contributed by atoms with van der Waals surface area (Å²) in [6, 6.07) is -0.211. The highest BCUT2D eigenvalue weighted by atomic mass is 32.2. The fraction of sp³-hybridized carbons (Fsp3) is 0.640. The van der Waals surface area contributed by atoms with Gasteiger partial charge in [-0.25, -0.2) is 31.1 Å². The number of ether oxygens (including phenoxy) is 3. The van der Waals surface area contributed by atoms with E-state index in [1.807, 2.05) is 0 Å². The van der Waals surface area contributed by atoms with E-state index in [9.17, 15) is 49.8 Å². The van der Waals surface area contributed by atoms with Crippen LogP contribution in [0.3, 0.4) is 0 Å². The van der Waals surface area contributed by atoms with Crippen molar-refractivity contribution in [1.82, 2.24) is 24.2 Å². The lowest BCUT2D eigenvalue weighted by Gasteiger charge is -2.44. The zero-order chi connectivity index (χ0) is 32.8. The Morgan fingerprint density at radius 2 is 1.76 bits per heavy atom. The zero-order valence-corrected chi connectivity index (χ0v) is 24.3. The monoisotopic (exact) mass is 673 g/mol. The predicted octanol–water partition coefficient (Wildman–Crippen LogP) is 1.56. The van der Waals surface area contributed by atoms with Crippen LogP contribution in [0.4, 0.5) is 31.1 Å². The van der Waals surface area contributed by atoms with E-state index in [4.69, 9.17) is 14.2 Å². The van der Waals surface area contributed by atoms with Crippen molar-refractivity contribution in [3.8, 4) is 11.3 Å². The van der Waals surface area contributed by atoms with E-state index in [2.05, 4.69) is 10.3 Å². The molecule has 45 heavy (non-hydrogen) atoms. The molecule has 20 heteroatoms. The van der Waals surface area contributed by atoms with Crippen molar-refractivity contribution in [2.24, 2.45) is 0 Å². The molecule has 0 spiro atoms. The molecule has 3 aliphatic heterocycles. The van der Waals surface area contributed by atoms with Crippen molar-refractivity contribution in [2.75, 3.05) is 33.4 Å². The number of methoxy groups -OCH3 is 1. The molecule has 6 atom stereocenters. The van der Waals surface area contributed by atoms with Crippen LogP contribution in [0.1, 0.15) is 25.3 Å². The van der Waals surface area contributed by atoms with Gasteiger partial charge in [0.25, 0.3) is 0 Å². The van der Waals surface area contributed by atoms with Crippen LogP contribution in [0.5, 0.6) is 0 Å². The van der Waals surface area contributed by atoms with Crippen molar-refractivity contribution in [3.05, 3.63) is 35.8 Å². The van der Waals surface area contributed by atoms with E-state index in [0.29, 0.717) is 4.31 Å². The SMILES string of the molecule is CO[C@@H]1[C@@H](n2cc(-c3cc(F)c(F)c(F)c3)nn2)[C@@H](O)[C@@H](CO)O[C@@H]1CC1CN(C2CCN(S(=O)(=O)C(F)(F)F)CC2)C(=O)O1. The lowest BCUT2D eigenvalue weighted by atomic mass is 9.89. The number of benzene rings is 1. The minimum absolute atomic E-state index is 0.00199. The number of rotatable bonds is 8. The summed E-state index contributed by atoms with van der Waals surface area (Å²) in [7, 11) is -4.19. The molecule has 0 bridgehead atoms. The van der Waals surface area contributed by atoms with Crippen LogP contribution in [0.25, 0.3) is 11.3 Å². The highest BCUT2D eigenvalue weighted by Gasteiger charge is 2.52. The van der Waals surface area contributed by atoms with E-state index >= 15 is 0 Å². The Balaban J connectivity index is 1.29. The third kappa shape index (κ3) is 6.35. The molecule has 250 valence electrons. The molecule has 0 radical (unpaired) electrons. The van der Waals surface area contributed by atoms with E-state index < -0.39 is 101 Å². The zero-order valence-electron chi connectivity index (χ0n) is 23.5. The maximum Gasteiger partial charge on any atom is 0.511 e. The standard InChI is InChI=1S/C25H29F6N5O8S/c1-42-23-18(8-14-9-35(24(39)43-14)13-2-4-34(5-3-13)45(40,41)25(29,30)31)44-19(11-37)22(38)21(23)36-10-17(32-33-36)12-6-15(26)20(28)16(27)7-12/h6-7,10,13-14,18-19,21-23,37-38H,2-5,8-9,11H2,1H3/t14?,18-,19-,21+,22+,23+/m1/s1. The molecule has 3 aliphatic rings. The number of carbonyl (C=O) groups is 1. The molecule has 1 unspecified atom stereocenters. The smallest absolute Gasteiger partial charge is 0.444 e. The normalized spacial score (nSPS) is 28.9. The Kier molecular flexibility index (Phi) is 9.35. The second kappa shape index (κ2) is 12.6. The number of hydrogen-bond acceptors (Lipinski definition) is 10. The van der Waals surface area contributed by atoms with Gasteiger partial charge in [-0.1, -0.05) is 5.21 Å². The van der Waals surface area contributed by atoms with Gasteiger partial charge in [-0.2, -0.15) is 17.5 Å². The van der Waals surface area contributed by atoms with Gasteiger partial charge in [0.15, 0.2) is 17.5 Å². The summed E-state index contributed by atoms with van der Waals surface area (Å²) in [6.07, 6.45) is -4.96. The number of aromatic nitrogens is 3. The van der Waals surface area contributed by atoms with Gasteiger partial charge in [0.05, 0.1) is 25.5 Å². The third-order valence-corrected chi connectivity index (χ3v) is 9.86. The molecule has 1 amide bonds. The maximum absolute atomic E-state index is 13.8. The lowest BCUT2D eigenvalue weighted by Crippen LogP contribution is -2.57. The fourth-order valence-electron chi connectivity index (χ4n) is 5.98. The number of nitrogens with zero attached hydrogens (tertiary/aromatic N) is 5. The molecule has 2 N–H and O–H groups in total. The van der Waals surface area contributed by atoms with Crippen molar-refractivity contribution in [2.45, 2.75) is 67.4 Å². The summed E-state index contributed by atoms with van der Waals surface area (Å²) < 4.78 is 122. The van der Waals surface area contributed by atoms with Crippen LogP contribution in [-0.4, -0.2) is 124 Å². The van der Waals surface area contributed by atoms with Crippen LogP contribution < -0.4 is 0 Å². The van der Waals surface area contributed by atoms with Crippen LogP contribution in [0.15, 0.2) is 18.3 Å². The lowest BCUT2D eigenvalue weighted by molar-refractivity contribution is -0.217. The van der Waals surface area contributed by atoms with Crippen molar-refractivity contribution < 1.29 is 64.0 Å². The Hall–Kier alpha value is -3.04. The summed E-state index contributed by atoms with van der Waals surface area (Å²) in [4.78, 5) is 14.0. The number of hydrogen-bond donors (Lipinski definition) is 2. The van der Waals surface area contributed by atoms with E-state index in [1.54, 1.807) is 0 Å². The molecule has 0 aliphatic carbocycles. The van der Waals surface area contributed by atoms with Crippen molar-refractivity contribution >= 4 is 16.1 Å². The Labute approximate surface area is 252 Å². The number of cyclic esters (lactones) is 1. The number of sulfonamides is 1. The molecule has 5 rings (SSSR count). The van der Waals surface area contributed by atoms with Crippen LogP contribution in [0.2, 0.25) is 0 Å². The number of amides is 1. The van der Waals surface area contributed by atoms with E-state index in [-0.39, 0.29) is 37.1 Å². The first-order valence-electron chi connectivity index (χ1n) is 13.7. The van der Waals surface area contributed by atoms with E-state index in [1.165, 1.54) is 18.2 Å². The third-order valence-electron chi connectivity index (χ3n) is 8.23. The summed E-state index contributed by atoms with van der Waals surface area (Å²) >= 11 is 0. The first kappa shape index (κ1) is 33.3. The Morgan fingerprint density at radius 3 is 2.33 bits per heavy atom.